The van der Waals surface area contributed by atoms with Gasteiger partial charge in [-0.2, -0.15) is 0 Å². The highest BCUT2D eigenvalue weighted by molar-refractivity contribution is 4.86. The fraction of sp³-hybridized carbons (Fsp3) is 1.00. The maximum Gasteiger partial charge on any atom is 0.00975 e. The quantitative estimate of drug-likeness (QED) is 0.720. The Morgan fingerprint density at radius 3 is 2.31 bits per heavy atom. The van der Waals surface area contributed by atoms with Crippen LogP contribution in [0.5, 0.6) is 0 Å². The molecule has 0 saturated heterocycles. The van der Waals surface area contributed by atoms with Crippen LogP contribution in [0.3, 0.4) is 0 Å². The van der Waals surface area contributed by atoms with Gasteiger partial charge >= 0.3 is 0 Å². The Labute approximate surface area is 82.5 Å². The van der Waals surface area contributed by atoms with Crippen molar-refractivity contribution in [1.29, 1.82) is 0 Å². The van der Waals surface area contributed by atoms with Crippen LogP contribution in [-0.2, 0) is 0 Å². The zero-order valence-corrected chi connectivity index (χ0v) is 9.51. The average molecular weight is 184 g/mol. The van der Waals surface area contributed by atoms with Crippen molar-refractivity contribution in [3.63, 3.8) is 0 Å². The van der Waals surface area contributed by atoms with Crippen molar-refractivity contribution in [2.24, 2.45) is 17.1 Å². The third kappa shape index (κ3) is 2.96. The van der Waals surface area contributed by atoms with Gasteiger partial charge in [0.05, 0.1) is 0 Å². The topological polar surface area (TPSA) is 29.3 Å². The maximum absolute atomic E-state index is 5.71. The summed E-state index contributed by atoms with van der Waals surface area (Å²) in [6, 6.07) is 0.820. The minimum Gasteiger partial charge on any atom is -0.330 e. The number of hydrogen-bond donors (Lipinski definition) is 1. The molecule has 1 aliphatic rings. The summed E-state index contributed by atoms with van der Waals surface area (Å²) in [7, 11) is 2.23. The number of nitrogens with two attached hydrogens (primary N) is 1. The van der Waals surface area contributed by atoms with E-state index in [1.165, 1.54) is 12.8 Å². The van der Waals surface area contributed by atoms with Crippen LogP contribution in [0.1, 0.15) is 33.6 Å². The SMILES string of the molecule is CC1CC(N(C)CC(C)(C)CN)C1. The van der Waals surface area contributed by atoms with Crippen molar-refractivity contribution >= 4 is 0 Å². The molecule has 1 aliphatic carbocycles. The van der Waals surface area contributed by atoms with E-state index >= 15 is 0 Å². The van der Waals surface area contributed by atoms with Gasteiger partial charge in [-0.1, -0.05) is 20.8 Å². The third-order valence-corrected chi connectivity index (χ3v) is 3.20. The molecule has 0 atom stereocenters. The summed E-state index contributed by atoms with van der Waals surface area (Å²) < 4.78 is 0. The van der Waals surface area contributed by atoms with E-state index in [0.29, 0.717) is 0 Å². The molecule has 2 N–H and O–H groups in total. The normalized spacial score (nSPS) is 29.1. The van der Waals surface area contributed by atoms with Gasteiger partial charge in [0.25, 0.3) is 0 Å². The molecule has 0 aromatic carbocycles. The average Bonchev–Trinajstić information content (AvgIpc) is 1.98. The second-order valence-corrected chi connectivity index (χ2v) is 5.51. The first kappa shape index (κ1) is 11.0. The summed E-state index contributed by atoms with van der Waals surface area (Å²) in [5.74, 6) is 0.938. The van der Waals surface area contributed by atoms with E-state index in [4.69, 9.17) is 5.73 Å². The fourth-order valence-electron chi connectivity index (χ4n) is 2.09. The Morgan fingerprint density at radius 1 is 1.38 bits per heavy atom. The van der Waals surface area contributed by atoms with E-state index < -0.39 is 0 Å². The third-order valence-electron chi connectivity index (χ3n) is 3.20. The highest BCUT2D eigenvalue weighted by atomic mass is 15.1. The molecule has 1 fully saturated rings. The molecule has 0 aliphatic heterocycles. The summed E-state index contributed by atoms with van der Waals surface area (Å²) in [6.07, 6.45) is 2.74. The molecule has 1 saturated carbocycles. The van der Waals surface area contributed by atoms with Crippen LogP contribution in [-0.4, -0.2) is 31.1 Å². The Morgan fingerprint density at radius 2 is 1.92 bits per heavy atom. The zero-order chi connectivity index (χ0) is 10.1. The van der Waals surface area contributed by atoms with Crippen molar-refractivity contribution < 1.29 is 0 Å². The van der Waals surface area contributed by atoms with Crippen LogP contribution >= 0.6 is 0 Å². The lowest BCUT2D eigenvalue weighted by atomic mass is 9.80. The Hall–Kier alpha value is -0.0800. The summed E-state index contributed by atoms with van der Waals surface area (Å²) in [4.78, 5) is 2.48. The number of rotatable bonds is 4. The first-order valence-corrected chi connectivity index (χ1v) is 5.35. The molecule has 0 unspecified atom stereocenters. The standard InChI is InChI=1S/C11H24N2/c1-9-5-10(6-9)13(4)8-11(2,3)7-12/h9-10H,5-8,12H2,1-4H3. The zero-order valence-electron chi connectivity index (χ0n) is 9.51. The summed E-state index contributed by atoms with van der Waals surface area (Å²) in [5.41, 5.74) is 5.99. The number of hydrogen-bond acceptors (Lipinski definition) is 2. The van der Waals surface area contributed by atoms with Crippen LogP contribution in [0.2, 0.25) is 0 Å². The number of nitrogens with zero attached hydrogens (tertiary/aromatic N) is 1. The van der Waals surface area contributed by atoms with Crippen molar-refractivity contribution in [2.75, 3.05) is 20.1 Å². The minimum absolute atomic E-state index is 0.271. The van der Waals surface area contributed by atoms with E-state index in [9.17, 15) is 0 Å². The highest BCUT2D eigenvalue weighted by Gasteiger charge is 2.31. The van der Waals surface area contributed by atoms with Crippen LogP contribution in [0.15, 0.2) is 0 Å². The first-order chi connectivity index (χ1) is 5.94. The van der Waals surface area contributed by atoms with Crippen molar-refractivity contribution in [3.05, 3.63) is 0 Å². The summed E-state index contributed by atoms with van der Waals surface area (Å²) >= 11 is 0. The highest BCUT2D eigenvalue weighted by Crippen LogP contribution is 2.31. The van der Waals surface area contributed by atoms with Crippen LogP contribution < -0.4 is 5.73 Å². The summed E-state index contributed by atoms with van der Waals surface area (Å²) in [6.45, 7) is 8.72. The van der Waals surface area contributed by atoms with E-state index in [1.807, 2.05) is 0 Å². The van der Waals surface area contributed by atoms with Gasteiger partial charge in [-0.15, -0.1) is 0 Å². The van der Waals surface area contributed by atoms with E-state index in [-0.39, 0.29) is 5.41 Å². The second kappa shape index (κ2) is 3.97. The van der Waals surface area contributed by atoms with E-state index in [0.717, 1.165) is 25.0 Å². The van der Waals surface area contributed by atoms with Gasteiger partial charge < -0.3 is 10.6 Å². The van der Waals surface area contributed by atoms with Gasteiger partial charge in [0.15, 0.2) is 0 Å². The Bertz CT molecular complexity index is 159. The predicted molar refractivity (Wildman–Crippen MR) is 57.7 cm³/mol. The van der Waals surface area contributed by atoms with Crippen LogP contribution in [0.4, 0.5) is 0 Å². The smallest absolute Gasteiger partial charge is 0.00975 e. The lowest BCUT2D eigenvalue weighted by molar-refractivity contribution is 0.0781. The van der Waals surface area contributed by atoms with Crippen LogP contribution in [0, 0.1) is 11.3 Å². The first-order valence-electron chi connectivity index (χ1n) is 5.35. The molecular formula is C11H24N2. The molecule has 78 valence electrons. The largest absolute Gasteiger partial charge is 0.330 e. The molecule has 0 heterocycles. The predicted octanol–water partition coefficient (Wildman–Crippen LogP) is 1.70. The molecule has 1 rings (SSSR count). The minimum atomic E-state index is 0.271. The fourth-order valence-corrected chi connectivity index (χ4v) is 2.09. The monoisotopic (exact) mass is 184 g/mol. The molecular weight excluding hydrogens is 160 g/mol. The Kier molecular flexibility index (Phi) is 3.36. The van der Waals surface area contributed by atoms with Crippen molar-refractivity contribution in [1.82, 2.24) is 4.90 Å². The molecule has 0 spiro atoms. The van der Waals surface area contributed by atoms with E-state index in [2.05, 4.69) is 32.7 Å². The van der Waals surface area contributed by atoms with Gasteiger partial charge in [-0.3, -0.25) is 0 Å². The van der Waals surface area contributed by atoms with Gasteiger partial charge in [-0.05, 0) is 37.8 Å². The van der Waals surface area contributed by atoms with Crippen molar-refractivity contribution in [2.45, 2.75) is 39.7 Å². The molecule has 2 nitrogen and oxygen atoms in total. The van der Waals surface area contributed by atoms with E-state index in [1.54, 1.807) is 0 Å². The summed E-state index contributed by atoms with van der Waals surface area (Å²) in [5, 5.41) is 0. The second-order valence-electron chi connectivity index (χ2n) is 5.51. The molecule has 0 aromatic rings. The molecule has 0 aromatic heterocycles. The molecule has 13 heavy (non-hydrogen) atoms. The Balaban J connectivity index is 2.29. The molecule has 0 bridgehead atoms. The molecule has 0 amide bonds. The molecule has 0 radical (unpaired) electrons. The van der Waals surface area contributed by atoms with Gasteiger partial charge in [0, 0.05) is 12.6 Å². The van der Waals surface area contributed by atoms with Crippen LogP contribution in [0.25, 0.3) is 0 Å². The van der Waals surface area contributed by atoms with Gasteiger partial charge in [0.2, 0.25) is 0 Å². The lowest BCUT2D eigenvalue weighted by Crippen LogP contribution is -2.47. The van der Waals surface area contributed by atoms with Gasteiger partial charge in [0.1, 0.15) is 0 Å². The maximum atomic E-state index is 5.71. The van der Waals surface area contributed by atoms with Crippen molar-refractivity contribution in [3.8, 4) is 0 Å². The molecule has 2 heteroatoms. The lowest BCUT2D eigenvalue weighted by Gasteiger charge is -2.42. The van der Waals surface area contributed by atoms with Gasteiger partial charge in [-0.25, -0.2) is 0 Å².